The van der Waals surface area contributed by atoms with Crippen LogP contribution in [0, 0.1) is 19.8 Å². The zero-order valence-electron chi connectivity index (χ0n) is 14.0. The summed E-state index contributed by atoms with van der Waals surface area (Å²) >= 11 is 0. The lowest BCUT2D eigenvalue weighted by Gasteiger charge is -2.18. The van der Waals surface area contributed by atoms with E-state index >= 15 is 0 Å². The molecule has 0 saturated heterocycles. The third-order valence-electron chi connectivity index (χ3n) is 4.90. The molecule has 1 N–H and O–H groups in total. The number of benzene rings is 2. The first-order valence-corrected chi connectivity index (χ1v) is 8.39. The van der Waals surface area contributed by atoms with Gasteiger partial charge in [0.05, 0.1) is 0 Å². The maximum absolute atomic E-state index is 12.5. The third-order valence-corrected chi connectivity index (χ3v) is 4.90. The topological polar surface area (TPSA) is 47.6 Å². The van der Waals surface area contributed by atoms with Crippen LogP contribution >= 0.6 is 0 Å². The molecule has 24 heavy (non-hydrogen) atoms. The highest BCUT2D eigenvalue weighted by Gasteiger charge is 2.44. The summed E-state index contributed by atoms with van der Waals surface area (Å²) in [6.45, 7) is 5.30. The van der Waals surface area contributed by atoms with Crippen molar-refractivity contribution in [1.29, 1.82) is 0 Å². The van der Waals surface area contributed by atoms with Crippen molar-refractivity contribution in [2.24, 2.45) is 5.92 Å². The number of amides is 1. The second-order valence-electron chi connectivity index (χ2n) is 6.64. The molecule has 0 radical (unpaired) electrons. The Labute approximate surface area is 141 Å². The first-order valence-electron chi connectivity index (χ1n) is 8.39. The predicted molar refractivity (Wildman–Crippen MR) is 92.8 cm³/mol. The second-order valence-corrected chi connectivity index (χ2v) is 6.64. The van der Waals surface area contributed by atoms with Crippen LogP contribution in [0.25, 0.3) is 0 Å². The van der Waals surface area contributed by atoms with Crippen molar-refractivity contribution in [2.45, 2.75) is 26.2 Å². The van der Waals surface area contributed by atoms with Crippen molar-refractivity contribution in [1.82, 2.24) is 0 Å². The van der Waals surface area contributed by atoms with Crippen LogP contribution in [0.15, 0.2) is 36.4 Å². The van der Waals surface area contributed by atoms with Crippen LogP contribution in [-0.2, 0) is 4.79 Å². The standard InChI is InChI=1S/C20H21NO3/c1-12-3-5-15(9-13(12)2)21-20(22)17-11-16(17)14-4-6-18-19(10-14)24-8-7-23-18/h3-6,9-10,16-17H,7-8,11H2,1-2H3,(H,21,22)/t16-,17+/m0/s1. The number of nitrogens with one attached hydrogen (secondary N) is 1. The molecule has 2 aliphatic rings. The van der Waals surface area contributed by atoms with Gasteiger partial charge < -0.3 is 14.8 Å². The summed E-state index contributed by atoms with van der Waals surface area (Å²) < 4.78 is 11.2. The Bertz CT molecular complexity index is 799. The van der Waals surface area contributed by atoms with E-state index in [2.05, 4.69) is 19.2 Å². The SMILES string of the molecule is Cc1ccc(NC(=O)[C@@H]2C[C@H]2c2ccc3c(c2)OCCO3)cc1C. The first kappa shape index (κ1) is 15.1. The molecule has 1 heterocycles. The molecule has 0 aromatic heterocycles. The number of hydrogen-bond acceptors (Lipinski definition) is 3. The molecule has 4 heteroatoms. The van der Waals surface area contributed by atoms with E-state index in [0.717, 1.165) is 29.2 Å². The molecular formula is C20H21NO3. The number of fused-ring (bicyclic) bond motifs is 1. The Kier molecular flexibility index (Phi) is 3.68. The lowest BCUT2D eigenvalue weighted by Crippen LogP contribution is -2.16. The van der Waals surface area contributed by atoms with Crippen LogP contribution in [0.2, 0.25) is 0 Å². The minimum atomic E-state index is 0.0363. The maximum Gasteiger partial charge on any atom is 0.228 e. The van der Waals surface area contributed by atoms with Gasteiger partial charge in [0.2, 0.25) is 5.91 Å². The summed E-state index contributed by atoms with van der Waals surface area (Å²) in [5.41, 5.74) is 4.44. The van der Waals surface area contributed by atoms with Gasteiger partial charge in [0.1, 0.15) is 13.2 Å². The molecule has 124 valence electrons. The zero-order valence-corrected chi connectivity index (χ0v) is 14.0. The lowest BCUT2D eigenvalue weighted by atomic mass is 10.1. The highest BCUT2D eigenvalue weighted by Crippen LogP contribution is 2.49. The Morgan fingerprint density at radius 1 is 1.00 bits per heavy atom. The van der Waals surface area contributed by atoms with Crippen LogP contribution in [0.1, 0.15) is 29.0 Å². The molecule has 4 nitrogen and oxygen atoms in total. The molecule has 1 aliphatic carbocycles. The van der Waals surface area contributed by atoms with Gasteiger partial charge in [0, 0.05) is 11.6 Å². The van der Waals surface area contributed by atoms with Gasteiger partial charge in [-0.1, -0.05) is 12.1 Å². The van der Waals surface area contributed by atoms with E-state index in [1.165, 1.54) is 11.1 Å². The second kappa shape index (κ2) is 5.86. The van der Waals surface area contributed by atoms with Gasteiger partial charge in [-0.25, -0.2) is 0 Å². The average molecular weight is 323 g/mol. The normalized spacial score (nSPS) is 21.2. The van der Waals surface area contributed by atoms with Gasteiger partial charge >= 0.3 is 0 Å². The molecule has 4 rings (SSSR count). The molecular weight excluding hydrogens is 302 g/mol. The van der Waals surface area contributed by atoms with Gasteiger partial charge in [-0.2, -0.15) is 0 Å². The molecule has 1 fully saturated rings. The van der Waals surface area contributed by atoms with Gasteiger partial charge in [-0.05, 0) is 67.1 Å². The highest BCUT2D eigenvalue weighted by atomic mass is 16.6. The summed E-state index contributed by atoms with van der Waals surface area (Å²) in [4.78, 5) is 12.5. The van der Waals surface area contributed by atoms with E-state index in [4.69, 9.17) is 9.47 Å². The molecule has 2 atom stereocenters. The van der Waals surface area contributed by atoms with Crippen molar-refractivity contribution >= 4 is 11.6 Å². The van der Waals surface area contributed by atoms with Gasteiger partial charge in [0.25, 0.3) is 0 Å². The summed E-state index contributed by atoms with van der Waals surface area (Å²) in [5, 5.41) is 3.04. The number of rotatable bonds is 3. The minimum absolute atomic E-state index is 0.0363. The fourth-order valence-electron chi connectivity index (χ4n) is 3.20. The van der Waals surface area contributed by atoms with Crippen LogP contribution in [0.5, 0.6) is 11.5 Å². The number of carbonyl (C=O) groups is 1. The fourth-order valence-corrected chi connectivity index (χ4v) is 3.20. The number of anilines is 1. The zero-order chi connectivity index (χ0) is 16.7. The summed E-state index contributed by atoms with van der Waals surface area (Å²) in [5.74, 6) is 1.99. The number of hydrogen-bond donors (Lipinski definition) is 1. The monoisotopic (exact) mass is 323 g/mol. The van der Waals surface area contributed by atoms with Crippen molar-refractivity contribution in [2.75, 3.05) is 18.5 Å². The van der Waals surface area contributed by atoms with E-state index in [0.29, 0.717) is 13.2 Å². The van der Waals surface area contributed by atoms with E-state index in [1.807, 2.05) is 36.4 Å². The van der Waals surface area contributed by atoms with Gasteiger partial charge in [-0.3, -0.25) is 4.79 Å². The van der Waals surface area contributed by atoms with Crippen molar-refractivity contribution in [3.05, 3.63) is 53.1 Å². The predicted octanol–water partition coefficient (Wildman–Crippen LogP) is 3.82. The Balaban J connectivity index is 1.44. The largest absolute Gasteiger partial charge is 0.486 e. The number of carbonyl (C=O) groups excluding carboxylic acids is 1. The Hall–Kier alpha value is -2.49. The van der Waals surface area contributed by atoms with Crippen molar-refractivity contribution in [3.63, 3.8) is 0 Å². The molecule has 2 aromatic rings. The van der Waals surface area contributed by atoms with Gasteiger partial charge in [0.15, 0.2) is 11.5 Å². The van der Waals surface area contributed by atoms with Crippen LogP contribution in [0.4, 0.5) is 5.69 Å². The molecule has 2 aromatic carbocycles. The molecule has 1 aliphatic heterocycles. The first-order chi connectivity index (χ1) is 11.6. The Morgan fingerprint density at radius 3 is 2.58 bits per heavy atom. The summed E-state index contributed by atoms with van der Waals surface area (Å²) in [6, 6.07) is 12.0. The number of aryl methyl sites for hydroxylation is 2. The molecule has 1 amide bonds. The summed E-state index contributed by atoms with van der Waals surface area (Å²) in [6.07, 6.45) is 0.885. The smallest absolute Gasteiger partial charge is 0.228 e. The van der Waals surface area contributed by atoms with Crippen molar-refractivity contribution in [3.8, 4) is 11.5 Å². The van der Waals surface area contributed by atoms with Crippen LogP contribution in [0.3, 0.4) is 0 Å². The summed E-state index contributed by atoms with van der Waals surface area (Å²) in [7, 11) is 0. The molecule has 0 unspecified atom stereocenters. The average Bonchev–Trinajstić information content (AvgIpc) is 3.38. The molecule has 0 spiro atoms. The van der Waals surface area contributed by atoms with E-state index in [-0.39, 0.29) is 17.7 Å². The third kappa shape index (κ3) is 2.84. The van der Waals surface area contributed by atoms with Crippen molar-refractivity contribution < 1.29 is 14.3 Å². The number of ether oxygens (including phenoxy) is 2. The van der Waals surface area contributed by atoms with Crippen LogP contribution in [-0.4, -0.2) is 19.1 Å². The minimum Gasteiger partial charge on any atom is -0.486 e. The maximum atomic E-state index is 12.5. The quantitative estimate of drug-likeness (QED) is 0.934. The molecule has 1 saturated carbocycles. The van der Waals surface area contributed by atoms with E-state index in [9.17, 15) is 4.79 Å². The van der Waals surface area contributed by atoms with Gasteiger partial charge in [-0.15, -0.1) is 0 Å². The Morgan fingerprint density at radius 2 is 1.79 bits per heavy atom. The van der Waals surface area contributed by atoms with Crippen LogP contribution < -0.4 is 14.8 Å². The van der Waals surface area contributed by atoms with E-state index < -0.39 is 0 Å². The molecule has 0 bridgehead atoms. The fraction of sp³-hybridized carbons (Fsp3) is 0.350. The lowest BCUT2D eigenvalue weighted by molar-refractivity contribution is -0.117. The van der Waals surface area contributed by atoms with E-state index in [1.54, 1.807) is 0 Å². The highest BCUT2D eigenvalue weighted by molar-refractivity contribution is 5.95.